The van der Waals surface area contributed by atoms with Crippen LogP contribution in [0.25, 0.3) is 0 Å². The molecule has 0 atom stereocenters. The van der Waals surface area contributed by atoms with Crippen molar-refractivity contribution >= 4 is 12.6 Å². The van der Waals surface area contributed by atoms with E-state index in [-0.39, 0.29) is 0 Å². The van der Waals surface area contributed by atoms with Crippen molar-refractivity contribution in [3.8, 4) is 12.1 Å². The lowest BCUT2D eigenvalue weighted by molar-refractivity contribution is 1.26. The Bertz CT molecular complexity index is 396. The summed E-state index contributed by atoms with van der Waals surface area (Å²) < 4.78 is 0. The van der Waals surface area contributed by atoms with Crippen LogP contribution in [0.2, 0.25) is 0 Å². The summed E-state index contributed by atoms with van der Waals surface area (Å²) in [5.74, 6) is 0. The van der Waals surface area contributed by atoms with Gasteiger partial charge in [-0.1, -0.05) is 0 Å². The van der Waals surface area contributed by atoms with Gasteiger partial charge >= 0.3 is 0 Å². The van der Waals surface area contributed by atoms with Gasteiger partial charge < -0.3 is 0 Å². The monoisotopic (exact) mass is 174 g/mol. The van der Waals surface area contributed by atoms with E-state index < -0.39 is 0 Å². The van der Waals surface area contributed by atoms with Crippen LogP contribution in [0.1, 0.15) is 16.7 Å². The first kappa shape index (κ1) is 8.64. The number of aryl methyl sites for hydroxylation is 1. The summed E-state index contributed by atoms with van der Waals surface area (Å²) in [5.41, 5.74) is 1.81. The first-order chi connectivity index (χ1) is 5.69. The lowest BCUT2D eigenvalue weighted by Crippen LogP contribution is -1.86. The topological polar surface area (TPSA) is 47.6 Å². The molecule has 0 aliphatic carbocycles. The molecule has 0 heterocycles. The maximum Gasteiger partial charge on any atom is 0.100 e. The Balaban J connectivity index is 3.44. The molecular formula is C9H6N2S. The second kappa shape index (κ2) is 3.30. The molecule has 0 aliphatic heterocycles. The van der Waals surface area contributed by atoms with E-state index in [4.69, 9.17) is 10.5 Å². The zero-order chi connectivity index (χ0) is 9.14. The molecule has 0 amide bonds. The molecule has 3 heteroatoms. The maximum absolute atomic E-state index is 8.65. The van der Waals surface area contributed by atoms with Gasteiger partial charge in [0.15, 0.2) is 0 Å². The number of nitrogens with zero attached hydrogens (tertiary/aromatic N) is 2. The smallest absolute Gasteiger partial charge is 0.100 e. The van der Waals surface area contributed by atoms with Crippen molar-refractivity contribution in [2.45, 2.75) is 11.8 Å². The number of nitriles is 2. The first-order valence-electron chi connectivity index (χ1n) is 3.33. The van der Waals surface area contributed by atoms with Crippen LogP contribution in [0.5, 0.6) is 0 Å². The quantitative estimate of drug-likeness (QED) is 0.612. The Morgan fingerprint density at radius 2 is 1.92 bits per heavy atom. The van der Waals surface area contributed by atoms with E-state index in [1.807, 2.05) is 19.1 Å². The lowest BCUT2D eigenvalue weighted by atomic mass is 10.1. The molecule has 0 aliphatic rings. The van der Waals surface area contributed by atoms with E-state index in [1.165, 1.54) is 6.07 Å². The average Bonchev–Trinajstić information content (AvgIpc) is 2.09. The number of benzene rings is 1. The standard InChI is InChI=1S/C9H6N2S/c1-6-2-7(4-10)3-8(5-11)9(6)12/h2-3,12H,1H3. The highest BCUT2D eigenvalue weighted by Gasteiger charge is 2.03. The summed E-state index contributed by atoms with van der Waals surface area (Å²) in [6.45, 7) is 1.82. The molecule has 0 fully saturated rings. The van der Waals surface area contributed by atoms with Gasteiger partial charge in [0.05, 0.1) is 17.2 Å². The molecule has 12 heavy (non-hydrogen) atoms. The van der Waals surface area contributed by atoms with Crippen LogP contribution in [0.3, 0.4) is 0 Å². The average molecular weight is 174 g/mol. The van der Waals surface area contributed by atoms with Crippen molar-refractivity contribution in [1.29, 1.82) is 10.5 Å². The van der Waals surface area contributed by atoms with Crippen molar-refractivity contribution in [2.24, 2.45) is 0 Å². The molecule has 1 aromatic rings. The fourth-order valence-corrected chi connectivity index (χ4v) is 1.11. The summed E-state index contributed by atoms with van der Waals surface area (Å²) in [6, 6.07) is 7.22. The van der Waals surface area contributed by atoms with Gasteiger partial charge in [0, 0.05) is 4.90 Å². The van der Waals surface area contributed by atoms with E-state index in [0.29, 0.717) is 16.0 Å². The Morgan fingerprint density at radius 1 is 1.25 bits per heavy atom. The normalized spacial score (nSPS) is 8.67. The minimum atomic E-state index is 0.454. The SMILES string of the molecule is Cc1cc(C#N)cc(C#N)c1S. The van der Waals surface area contributed by atoms with Gasteiger partial charge in [-0.25, -0.2) is 0 Å². The molecule has 2 nitrogen and oxygen atoms in total. The Kier molecular flexibility index (Phi) is 2.38. The van der Waals surface area contributed by atoms with Crippen molar-refractivity contribution < 1.29 is 0 Å². The largest absolute Gasteiger partial charge is 0.192 e. The number of hydrogen-bond donors (Lipinski definition) is 1. The van der Waals surface area contributed by atoms with Crippen LogP contribution in [-0.2, 0) is 0 Å². The third-order valence-corrected chi connectivity index (χ3v) is 2.14. The van der Waals surface area contributed by atoms with Crippen LogP contribution in [0.4, 0.5) is 0 Å². The molecule has 0 aromatic heterocycles. The van der Waals surface area contributed by atoms with Gasteiger partial charge in [-0.3, -0.25) is 0 Å². The highest BCUT2D eigenvalue weighted by atomic mass is 32.1. The molecule has 0 radical (unpaired) electrons. The molecule has 0 saturated carbocycles. The minimum absolute atomic E-state index is 0.454. The van der Waals surface area contributed by atoms with Crippen LogP contribution < -0.4 is 0 Å². The van der Waals surface area contributed by atoms with Crippen molar-refractivity contribution in [2.75, 3.05) is 0 Å². The zero-order valence-electron chi connectivity index (χ0n) is 6.50. The van der Waals surface area contributed by atoms with Gasteiger partial charge in [-0.05, 0) is 24.6 Å². The number of thiol groups is 1. The second-order valence-electron chi connectivity index (χ2n) is 2.41. The van der Waals surface area contributed by atoms with Crippen LogP contribution in [0.15, 0.2) is 17.0 Å². The third-order valence-electron chi connectivity index (χ3n) is 1.55. The molecule has 0 saturated heterocycles. The van der Waals surface area contributed by atoms with E-state index in [9.17, 15) is 0 Å². The summed E-state index contributed by atoms with van der Waals surface area (Å²) in [5, 5.41) is 17.2. The number of hydrogen-bond acceptors (Lipinski definition) is 3. The van der Waals surface area contributed by atoms with Gasteiger partial charge in [-0.15, -0.1) is 12.6 Å². The van der Waals surface area contributed by atoms with Crippen molar-refractivity contribution in [3.63, 3.8) is 0 Å². The molecule has 0 bridgehead atoms. The second-order valence-corrected chi connectivity index (χ2v) is 2.86. The molecule has 1 aromatic carbocycles. The predicted molar refractivity (Wildman–Crippen MR) is 47.9 cm³/mol. The fourth-order valence-electron chi connectivity index (χ4n) is 0.929. The summed E-state index contributed by atoms with van der Waals surface area (Å²) in [7, 11) is 0. The zero-order valence-corrected chi connectivity index (χ0v) is 7.39. The maximum atomic E-state index is 8.65. The van der Waals surface area contributed by atoms with Gasteiger partial charge in [-0.2, -0.15) is 10.5 Å². The highest BCUT2D eigenvalue weighted by molar-refractivity contribution is 7.80. The molecule has 0 unspecified atom stereocenters. The van der Waals surface area contributed by atoms with Crippen molar-refractivity contribution in [3.05, 3.63) is 28.8 Å². The summed E-state index contributed by atoms with van der Waals surface area (Å²) in [6.07, 6.45) is 0. The fraction of sp³-hybridized carbons (Fsp3) is 0.111. The van der Waals surface area contributed by atoms with Crippen LogP contribution >= 0.6 is 12.6 Å². The highest BCUT2D eigenvalue weighted by Crippen LogP contribution is 2.19. The number of rotatable bonds is 0. The molecule has 1 rings (SSSR count). The molecular weight excluding hydrogens is 168 g/mol. The van der Waals surface area contributed by atoms with E-state index in [2.05, 4.69) is 12.6 Å². The van der Waals surface area contributed by atoms with Gasteiger partial charge in [0.1, 0.15) is 6.07 Å². The lowest BCUT2D eigenvalue weighted by Gasteiger charge is -2.00. The minimum Gasteiger partial charge on any atom is -0.192 e. The Labute approximate surface area is 76.5 Å². The molecule has 0 spiro atoms. The van der Waals surface area contributed by atoms with Gasteiger partial charge in [0.2, 0.25) is 0 Å². The summed E-state index contributed by atoms with van der Waals surface area (Å²) in [4.78, 5) is 0.650. The Morgan fingerprint density at radius 3 is 2.42 bits per heavy atom. The van der Waals surface area contributed by atoms with Crippen LogP contribution in [0, 0.1) is 29.6 Å². The van der Waals surface area contributed by atoms with Crippen molar-refractivity contribution in [1.82, 2.24) is 0 Å². The molecule has 0 N–H and O–H groups in total. The third kappa shape index (κ3) is 1.42. The predicted octanol–water partition coefficient (Wildman–Crippen LogP) is 2.03. The first-order valence-corrected chi connectivity index (χ1v) is 3.77. The summed E-state index contributed by atoms with van der Waals surface area (Å²) >= 11 is 4.15. The molecule has 58 valence electrons. The van der Waals surface area contributed by atoms with Crippen LogP contribution in [-0.4, -0.2) is 0 Å². The van der Waals surface area contributed by atoms with E-state index in [0.717, 1.165) is 5.56 Å². The van der Waals surface area contributed by atoms with Gasteiger partial charge in [0.25, 0.3) is 0 Å². The Hall–Kier alpha value is -1.45. The van der Waals surface area contributed by atoms with E-state index >= 15 is 0 Å². The van der Waals surface area contributed by atoms with E-state index in [1.54, 1.807) is 6.07 Å².